The van der Waals surface area contributed by atoms with Crippen LogP contribution >= 0.6 is 0 Å². The summed E-state index contributed by atoms with van der Waals surface area (Å²) in [5, 5.41) is 0. The van der Waals surface area contributed by atoms with E-state index in [1.165, 1.54) is 12.1 Å². The van der Waals surface area contributed by atoms with Crippen LogP contribution in [0.15, 0.2) is 72.8 Å². The van der Waals surface area contributed by atoms with Gasteiger partial charge in [0.25, 0.3) is 0 Å². The van der Waals surface area contributed by atoms with Crippen molar-refractivity contribution in [1.29, 1.82) is 0 Å². The zero-order valence-electron chi connectivity index (χ0n) is 29.1. The molecule has 0 aliphatic carbocycles. The monoisotopic (exact) mass is 653 g/mol. The molecule has 248 valence electrons. The van der Waals surface area contributed by atoms with Crippen molar-refractivity contribution in [2.75, 3.05) is 0 Å². The molecule has 3 aromatic heterocycles. The van der Waals surface area contributed by atoms with Gasteiger partial charge in [0.2, 0.25) is 0 Å². The second-order valence-electron chi connectivity index (χ2n) is 13.3. The largest absolute Gasteiger partial charge is 0.217 e. The maximum Gasteiger partial charge on any atom is 0.163 e. The van der Waals surface area contributed by atoms with Gasteiger partial charge in [-0.1, -0.05) is 85.7 Å². The van der Waals surface area contributed by atoms with Crippen molar-refractivity contribution >= 4 is 0 Å². The first-order valence-electron chi connectivity index (χ1n) is 16.7. The highest BCUT2D eigenvalue weighted by Crippen LogP contribution is 2.33. The molecule has 0 saturated heterocycles. The predicted molar refractivity (Wildman–Crippen MR) is 190 cm³/mol. The Balaban J connectivity index is 1.63. The van der Waals surface area contributed by atoms with Crippen molar-refractivity contribution in [2.45, 2.75) is 79.1 Å². The molecule has 0 spiro atoms. The van der Waals surface area contributed by atoms with E-state index in [-0.39, 0.29) is 29.5 Å². The minimum absolute atomic E-state index is 0.0138. The Morgan fingerprint density at radius 3 is 1.02 bits per heavy atom. The van der Waals surface area contributed by atoms with Gasteiger partial charge in [-0.05, 0) is 42.5 Å². The maximum atomic E-state index is 13.9. The summed E-state index contributed by atoms with van der Waals surface area (Å²) in [5.74, 6) is 5.25. The van der Waals surface area contributed by atoms with E-state index in [1.54, 1.807) is 12.1 Å². The number of hydrogen-bond acceptors (Lipinski definition) is 9. The van der Waals surface area contributed by atoms with Crippen LogP contribution in [0.25, 0.3) is 56.9 Å². The van der Waals surface area contributed by atoms with Crippen molar-refractivity contribution in [3.8, 4) is 56.9 Å². The molecule has 6 aromatic rings. The molecule has 0 amide bonds. The molecule has 0 bridgehead atoms. The predicted octanol–water partition coefficient (Wildman–Crippen LogP) is 9.21. The van der Waals surface area contributed by atoms with E-state index < -0.39 is 0 Å². The van der Waals surface area contributed by atoms with Gasteiger partial charge in [0.05, 0.1) is 0 Å². The lowest BCUT2D eigenvalue weighted by molar-refractivity contribution is 0.628. The summed E-state index contributed by atoms with van der Waals surface area (Å²) < 4.78 is 13.9. The zero-order chi connectivity index (χ0) is 34.8. The lowest BCUT2D eigenvalue weighted by Crippen LogP contribution is -2.09. The molecule has 0 fully saturated rings. The highest BCUT2D eigenvalue weighted by atomic mass is 19.1. The van der Waals surface area contributed by atoms with Gasteiger partial charge in [0.1, 0.15) is 29.1 Å². The number of nitrogens with zero attached hydrogens (tertiary/aromatic N) is 9. The molecule has 49 heavy (non-hydrogen) atoms. The van der Waals surface area contributed by atoms with E-state index in [2.05, 4.69) is 41.5 Å². The number of halogens is 1. The van der Waals surface area contributed by atoms with Gasteiger partial charge in [0.15, 0.2) is 29.1 Å². The van der Waals surface area contributed by atoms with Crippen LogP contribution in [0.3, 0.4) is 0 Å². The first kappa shape index (κ1) is 33.5. The fourth-order valence-electron chi connectivity index (χ4n) is 5.07. The second-order valence-corrected chi connectivity index (χ2v) is 13.3. The van der Waals surface area contributed by atoms with Gasteiger partial charge >= 0.3 is 0 Å². The molecule has 0 aliphatic heterocycles. The van der Waals surface area contributed by atoms with Crippen molar-refractivity contribution in [2.24, 2.45) is 0 Å². The summed E-state index contributed by atoms with van der Waals surface area (Å²) in [5.41, 5.74) is 3.79. The van der Waals surface area contributed by atoms with Crippen molar-refractivity contribution in [1.82, 2.24) is 44.9 Å². The Hall–Kier alpha value is -5.38. The Bertz CT molecular complexity index is 2070. The Morgan fingerprint density at radius 2 is 0.653 bits per heavy atom. The van der Waals surface area contributed by atoms with Crippen LogP contribution in [0.1, 0.15) is 102 Å². The molecule has 0 saturated carbocycles. The number of aromatic nitrogens is 9. The number of rotatable bonds is 9. The normalized spacial score (nSPS) is 11.7. The van der Waals surface area contributed by atoms with Gasteiger partial charge in [0, 0.05) is 51.5 Å². The minimum atomic E-state index is -0.327. The Kier molecular flexibility index (Phi) is 9.58. The average molecular weight is 654 g/mol. The highest BCUT2D eigenvalue weighted by Gasteiger charge is 2.20. The third-order valence-corrected chi connectivity index (χ3v) is 7.88. The van der Waals surface area contributed by atoms with Gasteiger partial charge < -0.3 is 0 Å². The third-order valence-electron chi connectivity index (χ3n) is 7.88. The molecule has 0 aliphatic rings. The first-order valence-corrected chi connectivity index (χ1v) is 16.7. The summed E-state index contributed by atoms with van der Waals surface area (Å²) in [7, 11) is 0. The fourth-order valence-corrected chi connectivity index (χ4v) is 5.07. The number of hydrogen-bond donors (Lipinski definition) is 0. The summed E-state index contributed by atoms with van der Waals surface area (Å²) in [6.45, 7) is 16.5. The average Bonchev–Trinajstić information content (AvgIpc) is 3.11. The van der Waals surface area contributed by atoms with E-state index in [0.29, 0.717) is 51.9 Å². The summed E-state index contributed by atoms with van der Waals surface area (Å²) in [4.78, 5) is 43.9. The van der Waals surface area contributed by atoms with Crippen LogP contribution in [-0.4, -0.2) is 44.9 Å². The number of benzene rings is 3. The van der Waals surface area contributed by atoms with E-state index in [1.807, 2.05) is 62.4 Å². The van der Waals surface area contributed by atoms with E-state index >= 15 is 0 Å². The van der Waals surface area contributed by atoms with Gasteiger partial charge in [-0.2, -0.15) is 0 Å². The van der Waals surface area contributed by atoms with Crippen LogP contribution in [0.2, 0.25) is 0 Å². The van der Waals surface area contributed by atoms with E-state index in [4.69, 9.17) is 44.9 Å². The van der Waals surface area contributed by atoms with Gasteiger partial charge in [-0.25, -0.2) is 49.2 Å². The van der Waals surface area contributed by atoms with Crippen LogP contribution in [-0.2, 0) is 0 Å². The standard InChI is InChI=1S/C39H40FN9/c1-21(2)31-41-32(22(3)4)45-37(44-31)27-18-28(38-46-33(23(5)6)42-35(48-38)25-12-10-9-11-13-25)20-29(19-27)39-47-34(24(7)8)43-36(49-39)26-14-16-30(40)17-15-26/h9-24H,1-8H3. The molecular formula is C39H40FN9. The van der Waals surface area contributed by atoms with Crippen LogP contribution < -0.4 is 0 Å². The zero-order valence-corrected chi connectivity index (χ0v) is 29.1. The van der Waals surface area contributed by atoms with E-state index in [0.717, 1.165) is 28.3 Å². The van der Waals surface area contributed by atoms with Gasteiger partial charge in [-0.3, -0.25) is 0 Å². The smallest absolute Gasteiger partial charge is 0.163 e. The molecule has 0 unspecified atom stereocenters. The lowest BCUT2D eigenvalue weighted by atomic mass is 10.0. The van der Waals surface area contributed by atoms with Crippen LogP contribution in [0.4, 0.5) is 4.39 Å². The fraction of sp³-hybridized carbons (Fsp3) is 0.308. The minimum Gasteiger partial charge on any atom is -0.217 e. The van der Waals surface area contributed by atoms with Crippen LogP contribution in [0, 0.1) is 5.82 Å². The molecular weight excluding hydrogens is 613 g/mol. The second kappa shape index (κ2) is 14.0. The topological polar surface area (TPSA) is 116 Å². The Labute approximate surface area is 286 Å². The molecule has 0 N–H and O–H groups in total. The van der Waals surface area contributed by atoms with Crippen molar-refractivity contribution in [3.63, 3.8) is 0 Å². The molecule has 3 heterocycles. The van der Waals surface area contributed by atoms with Crippen molar-refractivity contribution < 1.29 is 4.39 Å². The molecule has 10 heteroatoms. The Morgan fingerprint density at radius 1 is 0.347 bits per heavy atom. The summed E-state index contributed by atoms with van der Waals surface area (Å²) in [6.07, 6.45) is 0. The van der Waals surface area contributed by atoms with Gasteiger partial charge in [-0.15, -0.1) is 0 Å². The molecule has 3 aromatic carbocycles. The first-order chi connectivity index (χ1) is 23.4. The lowest BCUT2D eigenvalue weighted by Gasteiger charge is -2.15. The van der Waals surface area contributed by atoms with E-state index in [9.17, 15) is 4.39 Å². The third kappa shape index (κ3) is 7.53. The molecule has 0 radical (unpaired) electrons. The van der Waals surface area contributed by atoms with Crippen LogP contribution in [0.5, 0.6) is 0 Å². The quantitative estimate of drug-likeness (QED) is 0.151. The summed E-state index contributed by atoms with van der Waals surface area (Å²) >= 11 is 0. The SMILES string of the molecule is CC(C)c1nc(-c2ccccc2)nc(-c2cc(-c3nc(-c4ccc(F)cc4)nc(C(C)C)n3)cc(-c3nc(C(C)C)nc(C(C)C)n3)c2)n1. The molecule has 9 nitrogen and oxygen atoms in total. The molecule has 6 rings (SSSR count). The highest BCUT2D eigenvalue weighted by molar-refractivity contribution is 5.76. The summed E-state index contributed by atoms with van der Waals surface area (Å²) in [6, 6.07) is 22.0. The molecule has 0 atom stereocenters. The van der Waals surface area contributed by atoms with Crippen molar-refractivity contribution in [3.05, 3.63) is 102 Å². The maximum absolute atomic E-state index is 13.9.